The van der Waals surface area contributed by atoms with E-state index in [9.17, 15) is 0 Å². The molecule has 0 aliphatic heterocycles. The van der Waals surface area contributed by atoms with Gasteiger partial charge < -0.3 is 10.5 Å². The third-order valence-corrected chi connectivity index (χ3v) is 2.51. The Morgan fingerprint density at radius 3 is 3.00 bits per heavy atom. The maximum absolute atomic E-state index is 5.71. The first-order valence-corrected chi connectivity index (χ1v) is 5.70. The van der Waals surface area contributed by atoms with E-state index in [1.54, 1.807) is 10.9 Å². The summed E-state index contributed by atoms with van der Waals surface area (Å²) in [4.78, 5) is 0. The van der Waals surface area contributed by atoms with Crippen molar-refractivity contribution >= 4 is 5.69 Å². The van der Waals surface area contributed by atoms with Crippen molar-refractivity contribution in [1.29, 1.82) is 0 Å². The first kappa shape index (κ1) is 11.5. The van der Waals surface area contributed by atoms with Crippen LogP contribution in [0.2, 0.25) is 0 Å². The molecule has 0 spiro atoms. The second kappa shape index (κ2) is 5.39. The standard InChI is InChI=1S/C13H17N3O/c1-16-10-13(9-15-16)17-7-3-5-11-4-2-6-12(14)8-11/h2,4,6,8-10H,3,5,7,14H2,1H3. The number of benzene rings is 1. The van der Waals surface area contributed by atoms with Crippen LogP contribution in [0.25, 0.3) is 0 Å². The number of ether oxygens (including phenoxy) is 1. The fourth-order valence-corrected chi connectivity index (χ4v) is 1.69. The van der Waals surface area contributed by atoms with Crippen molar-refractivity contribution in [2.45, 2.75) is 12.8 Å². The predicted molar refractivity (Wildman–Crippen MR) is 67.9 cm³/mol. The van der Waals surface area contributed by atoms with Gasteiger partial charge in [0.2, 0.25) is 0 Å². The third-order valence-electron chi connectivity index (χ3n) is 2.51. The maximum Gasteiger partial charge on any atom is 0.157 e. The van der Waals surface area contributed by atoms with Crippen molar-refractivity contribution in [1.82, 2.24) is 9.78 Å². The highest BCUT2D eigenvalue weighted by molar-refractivity contribution is 5.40. The fourth-order valence-electron chi connectivity index (χ4n) is 1.69. The van der Waals surface area contributed by atoms with E-state index in [-0.39, 0.29) is 0 Å². The van der Waals surface area contributed by atoms with Crippen LogP contribution in [0.1, 0.15) is 12.0 Å². The molecule has 0 radical (unpaired) electrons. The van der Waals surface area contributed by atoms with E-state index in [1.165, 1.54) is 5.56 Å². The molecule has 0 amide bonds. The van der Waals surface area contributed by atoms with Gasteiger partial charge in [-0.05, 0) is 30.5 Å². The Hall–Kier alpha value is -1.97. The molecule has 0 saturated heterocycles. The summed E-state index contributed by atoms with van der Waals surface area (Å²) >= 11 is 0. The van der Waals surface area contributed by atoms with E-state index < -0.39 is 0 Å². The Labute approximate surface area is 101 Å². The molecule has 1 aromatic carbocycles. The highest BCUT2D eigenvalue weighted by Crippen LogP contribution is 2.10. The largest absolute Gasteiger partial charge is 0.490 e. The molecule has 2 rings (SSSR count). The molecule has 0 fully saturated rings. The van der Waals surface area contributed by atoms with Gasteiger partial charge in [-0.15, -0.1) is 0 Å². The van der Waals surface area contributed by atoms with E-state index in [1.807, 2.05) is 31.4 Å². The summed E-state index contributed by atoms with van der Waals surface area (Å²) in [6.45, 7) is 0.695. The molecule has 1 heterocycles. The summed E-state index contributed by atoms with van der Waals surface area (Å²) in [6, 6.07) is 7.97. The number of aromatic nitrogens is 2. The topological polar surface area (TPSA) is 53.1 Å². The van der Waals surface area contributed by atoms with Crippen molar-refractivity contribution in [2.75, 3.05) is 12.3 Å². The summed E-state index contributed by atoms with van der Waals surface area (Å²) in [5.41, 5.74) is 7.78. The molecular formula is C13H17N3O. The van der Waals surface area contributed by atoms with Gasteiger partial charge in [-0.3, -0.25) is 4.68 Å². The van der Waals surface area contributed by atoms with Crippen molar-refractivity contribution in [2.24, 2.45) is 7.05 Å². The number of rotatable bonds is 5. The van der Waals surface area contributed by atoms with E-state index in [2.05, 4.69) is 11.2 Å². The molecule has 0 saturated carbocycles. The van der Waals surface area contributed by atoms with Crippen molar-refractivity contribution in [3.05, 3.63) is 42.2 Å². The van der Waals surface area contributed by atoms with E-state index in [0.29, 0.717) is 6.61 Å². The minimum absolute atomic E-state index is 0.695. The minimum Gasteiger partial charge on any atom is -0.490 e. The van der Waals surface area contributed by atoms with Gasteiger partial charge in [0.15, 0.2) is 5.75 Å². The quantitative estimate of drug-likeness (QED) is 0.632. The molecule has 4 heteroatoms. The summed E-state index contributed by atoms with van der Waals surface area (Å²) in [5.74, 6) is 0.820. The minimum atomic E-state index is 0.695. The lowest BCUT2D eigenvalue weighted by atomic mass is 10.1. The highest BCUT2D eigenvalue weighted by atomic mass is 16.5. The molecule has 2 aromatic rings. The van der Waals surface area contributed by atoms with Crippen LogP contribution >= 0.6 is 0 Å². The molecule has 4 nitrogen and oxygen atoms in total. The lowest BCUT2D eigenvalue weighted by molar-refractivity contribution is 0.311. The summed E-state index contributed by atoms with van der Waals surface area (Å²) < 4.78 is 7.29. The lowest BCUT2D eigenvalue weighted by Crippen LogP contribution is -1.99. The van der Waals surface area contributed by atoms with Crippen LogP contribution < -0.4 is 10.5 Å². The summed E-state index contributed by atoms with van der Waals surface area (Å²) in [5, 5.41) is 4.04. The number of hydrogen-bond donors (Lipinski definition) is 1. The maximum atomic E-state index is 5.71. The molecule has 0 unspecified atom stereocenters. The van der Waals surface area contributed by atoms with Gasteiger partial charge in [-0.25, -0.2) is 0 Å². The van der Waals surface area contributed by atoms with Gasteiger partial charge in [-0.1, -0.05) is 12.1 Å². The van der Waals surface area contributed by atoms with Gasteiger partial charge in [0.25, 0.3) is 0 Å². The average Bonchev–Trinajstić information content (AvgIpc) is 2.71. The van der Waals surface area contributed by atoms with E-state index in [4.69, 9.17) is 10.5 Å². The van der Waals surface area contributed by atoms with Crippen LogP contribution in [-0.4, -0.2) is 16.4 Å². The van der Waals surface area contributed by atoms with Gasteiger partial charge in [0.1, 0.15) is 0 Å². The molecule has 0 atom stereocenters. The summed E-state index contributed by atoms with van der Waals surface area (Å²) in [7, 11) is 1.87. The zero-order valence-electron chi connectivity index (χ0n) is 9.97. The van der Waals surface area contributed by atoms with Crippen LogP contribution in [0.5, 0.6) is 5.75 Å². The summed E-state index contributed by atoms with van der Waals surface area (Å²) in [6.07, 6.45) is 5.53. The smallest absolute Gasteiger partial charge is 0.157 e. The number of nitrogens with zero attached hydrogens (tertiary/aromatic N) is 2. The van der Waals surface area contributed by atoms with Crippen LogP contribution in [0.3, 0.4) is 0 Å². The third kappa shape index (κ3) is 3.52. The van der Waals surface area contributed by atoms with Crippen molar-refractivity contribution in [3.63, 3.8) is 0 Å². The molecular weight excluding hydrogens is 214 g/mol. The van der Waals surface area contributed by atoms with Crippen LogP contribution in [0.15, 0.2) is 36.7 Å². The first-order valence-electron chi connectivity index (χ1n) is 5.70. The lowest BCUT2D eigenvalue weighted by Gasteiger charge is -2.04. The zero-order valence-corrected chi connectivity index (χ0v) is 9.97. The number of nitrogens with two attached hydrogens (primary N) is 1. The number of hydrogen-bond acceptors (Lipinski definition) is 3. The molecule has 0 aliphatic carbocycles. The van der Waals surface area contributed by atoms with Gasteiger partial charge in [0, 0.05) is 12.7 Å². The van der Waals surface area contributed by atoms with Gasteiger partial charge in [-0.2, -0.15) is 5.10 Å². The van der Waals surface area contributed by atoms with Crippen LogP contribution in [0.4, 0.5) is 5.69 Å². The predicted octanol–water partition coefficient (Wildman–Crippen LogP) is 2.01. The van der Waals surface area contributed by atoms with Gasteiger partial charge >= 0.3 is 0 Å². The van der Waals surface area contributed by atoms with Gasteiger partial charge in [0.05, 0.1) is 19.0 Å². The van der Waals surface area contributed by atoms with Crippen LogP contribution in [-0.2, 0) is 13.5 Å². The number of aryl methyl sites for hydroxylation is 2. The van der Waals surface area contributed by atoms with Crippen molar-refractivity contribution < 1.29 is 4.74 Å². The molecule has 0 bridgehead atoms. The Morgan fingerprint density at radius 1 is 1.41 bits per heavy atom. The van der Waals surface area contributed by atoms with Crippen molar-refractivity contribution in [3.8, 4) is 5.75 Å². The number of anilines is 1. The number of nitrogen functional groups attached to an aromatic ring is 1. The second-order valence-corrected chi connectivity index (χ2v) is 4.05. The first-order chi connectivity index (χ1) is 8.24. The fraction of sp³-hybridized carbons (Fsp3) is 0.308. The molecule has 17 heavy (non-hydrogen) atoms. The Balaban J connectivity index is 1.73. The van der Waals surface area contributed by atoms with E-state index >= 15 is 0 Å². The molecule has 1 aromatic heterocycles. The Bertz CT molecular complexity index is 479. The highest BCUT2D eigenvalue weighted by Gasteiger charge is 1.97. The molecule has 2 N–H and O–H groups in total. The molecule has 0 aliphatic rings. The van der Waals surface area contributed by atoms with E-state index in [0.717, 1.165) is 24.3 Å². The molecule has 90 valence electrons. The Kier molecular flexibility index (Phi) is 3.65. The Morgan fingerprint density at radius 2 is 2.29 bits per heavy atom. The monoisotopic (exact) mass is 231 g/mol. The van der Waals surface area contributed by atoms with Crippen LogP contribution in [0, 0.1) is 0 Å². The SMILES string of the molecule is Cn1cc(OCCCc2cccc(N)c2)cn1. The zero-order chi connectivity index (χ0) is 12.1. The average molecular weight is 231 g/mol. The normalized spacial score (nSPS) is 10.4. The second-order valence-electron chi connectivity index (χ2n) is 4.05.